The number of carbonyl (C=O) groups is 1. The van der Waals surface area contributed by atoms with Gasteiger partial charge < -0.3 is 14.7 Å². The molecule has 4 nitrogen and oxygen atoms in total. The molecule has 21 heavy (non-hydrogen) atoms. The highest BCUT2D eigenvalue weighted by molar-refractivity contribution is 6.30. The van der Waals surface area contributed by atoms with Gasteiger partial charge in [-0.25, -0.2) is 0 Å². The van der Waals surface area contributed by atoms with Crippen molar-refractivity contribution in [1.29, 1.82) is 0 Å². The van der Waals surface area contributed by atoms with Gasteiger partial charge in [0.25, 0.3) is 5.91 Å². The molecule has 0 saturated carbocycles. The topological polar surface area (TPSA) is 28.0 Å². The molecule has 1 fully saturated rings. The van der Waals surface area contributed by atoms with Crippen molar-refractivity contribution >= 4 is 23.2 Å². The zero-order chi connectivity index (χ0) is 15.2. The van der Waals surface area contributed by atoms with Crippen molar-refractivity contribution in [1.82, 2.24) is 4.90 Å². The quantitative estimate of drug-likeness (QED) is 0.876. The number of nitrogens with zero attached hydrogens (tertiary/aromatic N) is 2. The molecule has 1 amide bonds. The Morgan fingerprint density at radius 1 is 1.19 bits per heavy atom. The largest absolute Gasteiger partial charge is 0.360 e. The summed E-state index contributed by atoms with van der Waals surface area (Å²) in [6.07, 6.45) is 0. The van der Waals surface area contributed by atoms with Crippen LogP contribution >= 0.6 is 11.6 Å². The van der Waals surface area contributed by atoms with Crippen molar-refractivity contribution in [2.75, 3.05) is 50.7 Å². The molecule has 116 valence electrons. The first-order valence-corrected chi connectivity index (χ1v) is 8.13. The second-order valence-electron chi connectivity index (χ2n) is 5.46. The molecule has 0 aliphatic carbocycles. The number of anilines is 1. The lowest BCUT2D eigenvalue weighted by Gasteiger charge is -2.34. The van der Waals surface area contributed by atoms with Crippen LogP contribution in [0.1, 0.15) is 13.8 Å². The highest BCUT2D eigenvalue weighted by Crippen LogP contribution is 2.17. The summed E-state index contributed by atoms with van der Waals surface area (Å²) in [4.78, 5) is 17.8. The van der Waals surface area contributed by atoms with Crippen LogP contribution in [-0.2, 0) is 4.79 Å². The lowest BCUT2D eigenvalue weighted by molar-refractivity contribution is -0.892. The number of amides is 1. The number of halogens is 1. The lowest BCUT2D eigenvalue weighted by atomic mass is 10.2. The number of hydrogen-bond acceptors (Lipinski definition) is 2. The normalized spacial score (nSPS) is 16.0. The molecular weight excluding hydrogens is 286 g/mol. The molecule has 1 aliphatic rings. The molecule has 0 spiro atoms. The monoisotopic (exact) mass is 310 g/mol. The van der Waals surface area contributed by atoms with Gasteiger partial charge in [0.1, 0.15) is 0 Å². The molecule has 0 aromatic heterocycles. The minimum Gasteiger partial charge on any atom is -0.360 e. The van der Waals surface area contributed by atoms with Crippen LogP contribution in [0.3, 0.4) is 0 Å². The minimum absolute atomic E-state index is 0.273. The Hall–Kier alpha value is -1.26. The molecular formula is C16H25ClN3O+. The van der Waals surface area contributed by atoms with Crippen LogP contribution in [0.5, 0.6) is 0 Å². The van der Waals surface area contributed by atoms with Crippen LogP contribution in [0.2, 0.25) is 5.02 Å². The third-order valence-electron chi connectivity index (χ3n) is 4.18. The molecule has 0 unspecified atom stereocenters. The fourth-order valence-electron chi connectivity index (χ4n) is 2.81. The van der Waals surface area contributed by atoms with Crippen molar-refractivity contribution in [2.45, 2.75) is 13.8 Å². The van der Waals surface area contributed by atoms with E-state index in [2.05, 4.69) is 17.0 Å². The van der Waals surface area contributed by atoms with E-state index in [1.54, 1.807) is 0 Å². The zero-order valence-corrected chi connectivity index (χ0v) is 13.7. The van der Waals surface area contributed by atoms with Crippen molar-refractivity contribution in [3.63, 3.8) is 0 Å². The number of carbonyl (C=O) groups excluding carboxylic acids is 1. The molecule has 2 rings (SSSR count). The van der Waals surface area contributed by atoms with Gasteiger partial charge in [0, 0.05) is 23.8 Å². The number of benzene rings is 1. The number of quaternary nitrogens is 1. The molecule has 0 radical (unpaired) electrons. The highest BCUT2D eigenvalue weighted by atomic mass is 35.5. The van der Waals surface area contributed by atoms with Crippen LogP contribution in [0.25, 0.3) is 0 Å². The van der Waals surface area contributed by atoms with Crippen LogP contribution in [0.4, 0.5) is 5.69 Å². The highest BCUT2D eigenvalue weighted by Gasteiger charge is 2.23. The zero-order valence-electron chi connectivity index (χ0n) is 12.9. The maximum absolute atomic E-state index is 12.1. The van der Waals surface area contributed by atoms with Crippen LogP contribution < -0.4 is 9.80 Å². The molecule has 1 N–H and O–H groups in total. The molecule has 1 aliphatic heterocycles. The third-order valence-corrected chi connectivity index (χ3v) is 4.43. The Morgan fingerprint density at radius 2 is 1.76 bits per heavy atom. The molecule has 1 aromatic rings. The standard InChI is InChI=1S/C16H24ClN3O/c1-3-19(4-2)16(21)13-18-9-11-20(12-10-18)15-7-5-14(17)6-8-15/h5-8H,3-4,9-13H2,1-2H3/p+1. The van der Waals surface area contributed by atoms with E-state index >= 15 is 0 Å². The summed E-state index contributed by atoms with van der Waals surface area (Å²) in [7, 11) is 0. The summed E-state index contributed by atoms with van der Waals surface area (Å²) in [5, 5.41) is 0.771. The molecule has 0 bridgehead atoms. The lowest BCUT2D eigenvalue weighted by Crippen LogP contribution is -3.15. The fraction of sp³-hybridized carbons (Fsp3) is 0.562. The Balaban J connectivity index is 1.83. The fourth-order valence-corrected chi connectivity index (χ4v) is 2.94. The van der Waals surface area contributed by atoms with Crippen LogP contribution in [0, 0.1) is 0 Å². The number of hydrogen-bond donors (Lipinski definition) is 1. The van der Waals surface area contributed by atoms with E-state index in [0.29, 0.717) is 6.54 Å². The Labute approximate surface area is 132 Å². The number of likely N-dealkylation sites (N-methyl/N-ethyl adjacent to an activating group) is 1. The molecule has 1 aromatic carbocycles. The molecule has 5 heteroatoms. The van der Waals surface area contributed by atoms with Crippen LogP contribution in [-0.4, -0.2) is 56.6 Å². The number of rotatable bonds is 5. The third kappa shape index (κ3) is 4.35. The summed E-state index contributed by atoms with van der Waals surface area (Å²) in [5.41, 5.74) is 1.22. The van der Waals surface area contributed by atoms with Gasteiger partial charge in [0.15, 0.2) is 6.54 Å². The smallest absolute Gasteiger partial charge is 0.277 e. The number of nitrogens with one attached hydrogen (secondary N) is 1. The van der Waals surface area contributed by atoms with Crippen molar-refractivity contribution in [3.8, 4) is 0 Å². The molecule has 0 atom stereocenters. The average Bonchev–Trinajstić information content (AvgIpc) is 2.50. The second kappa shape index (κ2) is 7.66. The van der Waals surface area contributed by atoms with E-state index in [9.17, 15) is 4.79 Å². The Kier molecular flexibility index (Phi) is 5.88. The Bertz CT molecular complexity index is 451. The summed E-state index contributed by atoms with van der Waals surface area (Å²) in [6, 6.07) is 7.99. The van der Waals surface area contributed by atoms with E-state index in [0.717, 1.165) is 44.3 Å². The molecule has 1 saturated heterocycles. The van der Waals surface area contributed by atoms with Gasteiger partial charge in [-0.05, 0) is 38.1 Å². The first-order valence-electron chi connectivity index (χ1n) is 7.76. The van der Waals surface area contributed by atoms with Gasteiger partial charge in [-0.1, -0.05) is 11.6 Å². The van der Waals surface area contributed by atoms with Crippen molar-refractivity contribution in [3.05, 3.63) is 29.3 Å². The number of piperazine rings is 1. The van der Waals surface area contributed by atoms with Gasteiger partial charge in [-0.2, -0.15) is 0 Å². The van der Waals surface area contributed by atoms with Gasteiger partial charge in [-0.15, -0.1) is 0 Å². The van der Waals surface area contributed by atoms with Gasteiger partial charge >= 0.3 is 0 Å². The SMILES string of the molecule is CCN(CC)C(=O)C[NH+]1CCN(c2ccc(Cl)cc2)CC1. The summed E-state index contributed by atoms with van der Waals surface area (Å²) < 4.78 is 0. The van der Waals surface area contributed by atoms with Gasteiger partial charge in [0.2, 0.25) is 0 Å². The van der Waals surface area contributed by atoms with Gasteiger partial charge in [0.05, 0.1) is 26.2 Å². The van der Waals surface area contributed by atoms with E-state index in [1.807, 2.05) is 30.9 Å². The van der Waals surface area contributed by atoms with E-state index < -0.39 is 0 Å². The first kappa shape index (κ1) is 16.1. The van der Waals surface area contributed by atoms with Crippen LogP contribution in [0.15, 0.2) is 24.3 Å². The maximum Gasteiger partial charge on any atom is 0.277 e. The van der Waals surface area contributed by atoms with Crippen molar-refractivity contribution < 1.29 is 9.69 Å². The van der Waals surface area contributed by atoms with E-state index in [-0.39, 0.29) is 5.91 Å². The summed E-state index contributed by atoms with van der Waals surface area (Å²) >= 11 is 5.92. The minimum atomic E-state index is 0.273. The van der Waals surface area contributed by atoms with Gasteiger partial charge in [-0.3, -0.25) is 4.79 Å². The second-order valence-corrected chi connectivity index (χ2v) is 5.89. The summed E-state index contributed by atoms with van der Waals surface area (Å²) in [5.74, 6) is 0.273. The predicted octanol–water partition coefficient (Wildman–Crippen LogP) is 0.913. The summed E-state index contributed by atoms with van der Waals surface area (Å²) in [6.45, 7) is 10.3. The van der Waals surface area contributed by atoms with Crippen molar-refractivity contribution in [2.24, 2.45) is 0 Å². The maximum atomic E-state index is 12.1. The average molecular weight is 311 g/mol. The molecule has 1 heterocycles. The Morgan fingerprint density at radius 3 is 2.29 bits per heavy atom. The first-order chi connectivity index (χ1) is 10.1. The van der Waals surface area contributed by atoms with E-state index in [1.165, 1.54) is 10.6 Å². The predicted molar refractivity (Wildman–Crippen MR) is 87.2 cm³/mol. The van der Waals surface area contributed by atoms with E-state index in [4.69, 9.17) is 11.6 Å².